The van der Waals surface area contributed by atoms with E-state index in [1.54, 1.807) is 6.07 Å². The summed E-state index contributed by atoms with van der Waals surface area (Å²) in [5, 5.41) is 12.1. The Kier molecular flexibility index (Phi) is 1.82. The van der Waals surface area contributed by atoms with Crippen LogP contribution in [0.15, 0.2) is 30.3 Å². The minimum Gasteiger partial charge on any atom is -0.507 e. The zero-order valence-corrected chi connectivity index (χ0v) is 9.75. The molecule has 0 amide bonds. The van der Waals surface area contributed by atoms with Crippen molar-refractivity contribution in [3.8, 4) is 5.75 Å². The van der Waals surface area contributed by atoms with E-state index in [0.29, 0.717) is 5.75 Å². The molecule has 1 heteroatoms. The van der Waals surface area contributed by atoms with Crippen molar-refractivity contribution >= 4 is 10.8 Å². The van der Waals surface area contributed by atoms with E-state index in [2.05, 4.69) is 26.0 Å². The van der Waals surface area contributed by atoms with E-state index >= 15 is 0 Å². The maximum absolute atomic E-state index is 9.87. The largest absolute Gasteiger partial charge is 0.507 e. The zero-order chi connectivity index (χ0) is 11.3. The monoisotopic (exact) mass is 212 g/mol. The molecule has 1 aliphatic rings. The van der Waals surface area contributed by atoms with Gasteiger partial charge in [0.05, 0.1) is 0 Å². The molecule has 0 saturated carbocycles. The number of hydrogen-bond donors (Lipinski definition) is 1. The van der Waals surface area contributed by atoms with Crippen molar-refractivity contribution in [3.63, 3.8) is 0 Å². The number of phenols is 1. The molecule has 3 rings (SSSR count). The number of hydrogen-bond acceptors (Lipinski definition) is 1. The smallest absolute Gasteiger partial charge is 0.123 e. The summed E-state index contributed by atoms with van der Waals surface area (Å²) in [6.07, 6.45) is 2.37. The quantitative estimate of drug-likeness (QED) is 0.704. The maximum Gasteiger partial charge on any atom is 0.123 e. The van der Waals surface area contributed by atoms with E-state index in [0.717, 1.165) is 11.8 Å². The lowest BCUT2D eigenvalue weighted by Crippen LogP contribution is -2.12. The average Bonchev–Trinajstić information content (AvgIpc) is 2.56. The summed E-state index contributed by atoms with van der Waals surface area (Å²) < 4.78 is 0. The fraction of sp³-hybridized carbons (Fsp3) is 0.333. The molecular weight excluding hydrogens is 196 g/mol. The summed E-state index contributed by atoms with van der Waals surface area (Å²) >= 11 is 0. The summed E-state index contributed by atoms with van der Waals surface area (Å²) in [5.74, 6) is 0.392. The standard InChI is InChI=1S/C15H16O/c1-15(2)9-8-10-6-7-11-12(14(10)15)4-3-5-13(11)16/h3-7,16H,8-9H2,1-2H3. The Morgan fingerprint density at radius 2 is 1.88 bits per heavy atom. The molecule has 0 spiro atoms. The molecule has 82 valence electrons. The molecule has 0 aromatic heterocycles. The first kappa shape index (κ1) is 9.71. The molecule has 0 radical (unpaired) electrons. The van der Waals surface area contributed by atoms with Crippen molar-refractivity contribution in [2.45, 2.75) is 32.1 Å². The van der Waals surface area contributed by atoms with Crippen LogP contribution in [0.2, 0.25) is 0 Å². The molecule has 1 aliphatic carbocycles. The number of phenolic OH excluding ortho intramolecular Hbond substituents is 1. The molecule has 0 saturated heterocycles. The van der Waals surface area contributed by atoms with Crippen molar-refractivity contribution in [3.05, 3.63) is 41.5 Å². The highest BCUT2D eigenvalue weighted by atomic mass is 16.3. The van der Waals surface area contributed by atoms with Crippen molar-refractivity contribution < 1.29 is 5.11 Å². The lowest BCUT2D eigenvalue weighted by atomic mass is 9.83. The van der Waals surface area contributed by atoms with Gasteiger partial charge in [-0.25, -0.2) is 0 Å². The predicted molar refractivity (Wildman–Crippen MR) is 67.0 cm³/mol. The molecule has 0 bridgehead atoms. The fourth-order valence-corrected chi connectivity index (χ4v) is 2.97. The zero-order valence-electron chi connectivity index (χ0n) is 9.75. The Bertz CT molecular complexity index is 567. The van der Waals surface area contributed by atoms with E-state index < -0.39 is 0 Å². The lowest BCUT2D eigenvalue weighted by molar-refractivity contribution is 0.481. The van der Waals surface area contributed by atoms with E-state index in [4.69, 9.17) is 0 Å². The highest BCUT2D eigenvalue weighted by molar-refractivity contribution is 5.92. The Balaban J connectivity index is 2.45. The SMILES string of the molecule is CC1(C)CCc2ccc3c(O)cccc3c21. The molecule has 1 nitrogen and oxygen atoms in total. The van der Waals surface area contributed by atoms with Crippen LogP contribution in [-0.4, -0.2) is 5.11 Å². The highest BCUT2D eigenvalue weighted by Crippen LogP contribution is 2.43. The van der Waals surface area contributed by atoms with Crippen LogP contribution in [0.3, 0.4) is 0 Å². The number of rotatable bonds is 0. The van der Waals surface area contributed by atoms with Gasteiger partial charge in [0, 0.05) is 5.39 Å². The van der Waals surface area contributed by atoms with Crippen LogP contribution >= 0.6 is 0 Å². The molecule has 0 unspecified atom stereocenters. The summed E-state index contributed by atoms with van der Waals surface area (Å²) in [4.78, 5) is 0. The normalized spacial score (nSPS) is 17.6. The first-order valence-electron chi connectivity index (χ1n) is 5.84. The molecule has 0 aliphatic heterocycles. The predicted octanol–water partition coefficient (Wildman–Crippen LogP) is 3.77. The van der Waals surface area contributed by atoms with Gasteiger partial charge in [-0.3, -0.25) is 0 Å². The molecular formula is C15H16O. The van der Waals surface area contributed by atoms with Gasteiger partial charge in [-0.1, -0.05) is 38.1 Å². The van der Waals surface area contributed by atoms with Gasteiger partial charge in [0.15, 0.2) is 0 Å². The van der Waals surface area contributed by atoms with Gasteiger partial charge in [0.1, 0.15) is 5.75 Å². The average molecular weight is 212 g/mol. The minimum atomic E-state index is 0.239. The molecule has 0 atom stereocenters. The van der Waals surface area contributed by atoms with Crippen LogP contribution in [0.25, 0.3) is 10.8 Å². The number of benzene rings is 2. The van der Waals surface area contributed by atoms with Crippen LogP contribution < -0.4 is 0 Å². The summed E-state index contributed by atoms with van der Waals surface area (Å²) in [5.41, 5.74) is 3.12. The van der Waals surface area contributed by atoms with Gasteiger partial charge < -0.3 is 5.11 Å². The Morgan fingerprint density at radius 1 is 1.06 bits per heavy atom. The van der Waals surface area contributed by atoms with Crippen molar-refractivity contribution in [2.75, 3.05) is 0 Å². The Hall–Kier alpha value is -1.50. The second kappa shape index (κ2) is 3.00. The number of aryl methyl sites for hydroxylation is 1. The van der Waals surface area contributed by atoms with Crippen LogP contribution in [0, 0.1) is 0 Å². The summed E-state index contributed by atoms with van der Waals surface area (Å²) in [6, 6.07) is 10.0. The highest BCUT2D eigenvalue weighted by Gasteiger charge is 2.31. The van der Waals surface area contributed by atoms with Crippen LogP contribution in [0.4, 0.5) is 0 Å². The number of fused-ring (bicyclic) bond motifs is 3. The first-order chi connectivity index (χ1) is 7.59. The van der Waals surface area contributed by atoms with E-state index in [-0.39, 0.29) is 5.41 Å². The van der Waals surface area contributed by atoms with Gasteiger partial charge in [-0.05, 0) is 40.8 Å². The van der Waals surface area contributed by atoms with Crippen molar-refractivity contribution in [1.29, 1.82) is 0 Å². The van der Waals surface area contributed by atoms with Crippen LogP contribution in [-0.2, 0) is 11.8 Å². The third kappa shape index (κ3) is 1.18. The second-order valence-electron chi connectivity index (χ2n) is 5.36. The van der Waals surface area contributed by atoms with Crippen LogP contribution in [0.5, 0.6) is 5.75 Å². The van der Waals surface area contributed by atoms with E-state index in [1.807, 2.05) is 12.1 Å². The lowest BCUT2D eigenvalue weighted by Gasteiger charge is -2.21. The first-order valence-corrected chi connectivity index (χ1v) is 5.84. The topological polar surface area (TPSA) is 20.2 Å². The molecule has 1 N–H and O–H groups in total. The van der Waals surface area contributed by atoms with Gasteiger partial charge in [0.25, 0.3) is 0 Å². The van der Waals surface area contributed by atoms with Gasteiger partial charge >= 0.3 is 0 Å². The summed E-state index contributed by atoms with van der Waals surface area (Å²) in [6.45, 7) is 4.59. The fourth-order valence-electron chi connectivity index (χ4n) is 2.97. The van der Waals surface area contributed by atoms with Gasteiger partial charge in [-0.2, -0.15) is 0 Å². The molecule has 0 heterocycles. The van der Waals surface area contributed by atoms with E-state index in [9.17, 15) is 5.11 Å². The minimum absolute atomic E-state index is 0.239. The van der Waals surface area contributed by atoms with Gasteiger partial charge in [-0.15, -0.1) is 0 Å². The third-order valence-corrected chi connectivity index (χ3v) is 3.82. The maximum atomic E-state index is 9.87. The Morgan fingerprint density at radius 3 is 2.69 bits per heavy atom. The van der Waals surface area contributed by atoms with Crippen LogP contribution in [0.1, 0.15) is 31.4 Å². The molecule has 2 aromatic carbocycles. The van der Waals surface area contributed by atoms with E-state index in [1.165, 1.54) is 22.9 Å². The Labute approximate surface area is 95.7 Å². The van der Waals surface area contributed by atoms with Gasteiger partial charge in [0.2, 0.25) is 0 Å². The molecule has 0 fully saturated rings. The summed E-state index contributed by atoms with van der Waals surface area (Å²) in [7, 11) is 0. The second-order valence-corrected chi connectivity index (χ2v) is 5.36. The molecule has 2 aromatic rings. The van der Waals surface area contributed by atoms with Crippen molar-refractivity contribution in [2.24, 2.45) is 0 Å². The number of aromatic hydroxyl groups is 1. The molecule has 16 heavy (non-hydrogen) atoms. The third-order valence-electron chi connectivity index (χ3n) is 3.82. The van der Waals surface area contributed by atoms with Crippen molar-refractivity contribution in [1.82, 2.24) is 0 Å².